The molecule has 2 rings (SSSR count). The van der Waals surface area contributed by atoms with E-state index < -0.39 is 36.1 Å². The van der Waals surface area contributed by atoms with Crippen LogP contribution < -0.4 is 5.32 Å². The second-order valence-corrected chi connectivity index (χ2v) is 5.60. The van der Waals surface area contributed by atoms with Crippen molar-refractivity contribution >= 4 is 11.8 Å². The van der Waals surface area contributed by atoms with Crippen LogP contribution in [-0.4, -0.2) is 41.0 Å². The normalized spacial score (nSPS) is 26.8. The van der Waals surface area contributed by atoms with Gasteiger partial charge >= 0.3 is 6.18 Å². The first-order valence-corrected chi connectivity index (χ1v) is 6.99. The maximum atomic E-state index is 12.7. The summed E-state index contributed by atoms with van der Waals surface area (Å²) in [5.41, 5.74) is -1.10. The van der Waals surface area contributed by atoms with Crippen molar-refractivity contribution in [3.8, 4) is 0 Å². The SMILES string of the molecule is CCC1C(=O)NC2(CCCCC2)C(=O)N1CC(F)(F)F. The van der Waals surface area contributed by atoms with Crippen molar-refractivity contribution in [1.29, 1.82) is 0 Å². The van der Waals surface area contributed by atoms with Gasteiger partial charge in [-0.25, -0.2) is 0 Å². The second kappa shape index (κ2) is 5.26. The van der Waals surface area contributed by atoms with Crippen LogP contribution in [0.2, 0.25) is 0 Å². The van der Waals surface area contributed by atoms with Gasteiger partial charge in [0.2, 0.25) is 11.8 Å². The minimum Gasteiger partial charge on any atom is -0.340 e. The molecule has 1 heterocycles. The van der Waals surface area contributed by atoms with Gasteiger partial charge in [-0.05, 0) is 19.3 Å². The lowest BCUT2D eigenvalue weighted by Crippen LogP contribution is -2.71. The highest BCUT2D eigenvalue weighted by Gasteiger charge is 2.52. The molecule has 4 nitrogen and oxygen atoms in total. The van der Waals surface area contributed by atoms with E-state index in [0.717, 1.165) is 24.2 Å². The molecule has 1 unspecified atom stereocenters. The van der Waals surface area contributed by atoms with Crippen molar-refractivity contribution in [3.05, 3.63) is 0 Å². The zero-order valence-corrected chi connectivity index (χ0v) is 11.4. The van der Waals surface area contributed by atoms with Gasteiger partial charge in [0.25, 0.3) is 0 Å². The molecular weight excluding hydrogens is 273 g/mol. The summed E-state index contributed by atoms with van der Waals surface area (Å²) in [5.74, 6) is -1.03. The summed E-state index contributed by atoms with van der Waals surface area (Å²) in [7, 11) is 0. The van der Waals surface area contributed by atoms with Crippen LogP contribution in [0.3, 0.4) is 0 Å². The van der Waals surface area contributed by atoms with Gasteiger partial charge in [-0.2, -0.15) is 13.2 Å². The van der Waals surface area contributed by atoms with E-state index in [9.17, 15) is 22.8 Å². The van der Waals surface area contributed by atoms with Gasteiger partial charge in [0, 0.05) is 0 Å². The fourth-order valence-corrected chi connectivity index (χ4v) is 3.21. The molecule has 0 aromatic rings. The topological polar surface area (TPSA) is 49.4 Å². The molecule has 1 aliphatic carbocycles. The lowest BCUT2D eigenvalue weighted by molar-refractivity contribution is -0.179. The molecular formula is C13H19F3N2O2. The molecule has 0 aromatic heterocycles. The van der Waals surface area contributed by atoms with E-state index in [-0.39, 0.29) is 6.42 Å². The standard InChI is InChI=1S/C13H19F3N2O2/c1-2-9-10(19)17-12(6-4-3-5-7-12)11(20)18(9)8-13(14,15)16/h9H,2-8H2,1H3,(H,17,19). The minimum atomic E-state index is -4.49. The molecule has 1 spiro atoms. The number of halogens is 3. The van der Waals surface area contributed by atoms with Gasteiger partial charge in [0.15, 0.2) is 0 Å². The molecule has 20 heavy (non-hydrogen) atoms. The Labute approximate surface area is 115 Å². The Morgan fingerprint density at radius 1 is 1.25 bits per heavy atom. The number of nitrogens with zero attached hydrogens (tertiary/aromatic N) is 1. The van der Waals surface area contributed by atoms with Crippen LogP contribution in [0.1, 0.15) is 45.4 Å². The van der Waals surface area contributed by atoms with Crippen LogP contribution in [-0.2, 0) is 9.59 Å². The van der Waals surface area contributed by atoms with Crippen molar-refractivity contribution in [2.24, 2.45) is 0 Å². The molecule has 7 heteroatoms. The van der Waals surface area contributed by atoms with Crippen LogP contribution in [0.25, 0.3) is 0 Å². The molecule has 1 saturated carbocycles. The largest absolute Gasteiger partial charge is 0.406 e. The first kappa shape index (κ1) is 15.1. The molecule has 1 aliphatic heterocycles. The number of carbonyl (C=O) groups excluding carboxylic acids is 2. The highest BCUT2D eigenvalue weighted by molar-refractivity contribution is 5.99. The summed E-state index contributed by atoms with van der Waals surface area (Å²) in [4.78, 5) is 25.3. The Balaban J connectivity index is 2.29. The van der Waals surface area contributed by atoms with Crippen molar-refractivity contribution in [3.63, 3.8) is 0 Å². The Hall–Kier alpha value is -1.27. The Bertz CT molecular complexity index is 403. The molecule has 114 valence electrons. The molecule has 0 radical (unpaired) electrons. The molecule has 1 atom stereocenters. The summed E-state index contributed by atoms with van der Waals surface area (Å²) >= 11 is 0. The highest BCUT2D eigenvalue weighted by Crippen LogP contribution is 2.35. The Kier molecular flexibility index (Phi) is 3.97. The predicted octanol–water partition coefficient (Wildman–Crippen LogP) is 1.99. The Morgan fingerprint density at radius 2 is 1.85 bits per heavy atom. The van der Waals surface area contributed by atoms with E-state index in [4.69, 9.17) is 0 Å². The van der Waals surface area contributed by atoms with Gasteiger partial charge in [-0.15, -0.1) is 0 Å². The molecule has 2 aliphatic rings. The fraction of sp³-hybridized carbons (Fsp3) is 0.846. The number of rotatable bonds is 2. The van der Waals surface area contributed by atoms with E-state index >= 15 is 0 Å². The van der Waals surface area contributed by atoms with E-state index in [2.05, 4.69) is 5.32 Å². The summed E-state index contributed by atoms with van der Waals surface area (Å²) < 4.78 is 38.0. The van der Waals surface area contributed by atoms with Crippen LogP contribution in [0.5, 0.6) is 0 Å². The van der Waals surface area contributed by atoms with Crippen LogP contribution in [0.4, 0.5) is 13.2 Å². The van der Waals surface area contributed by atoms with Gasteiger partial charge < -0.3 is 10.2 Å². The number of alkyl halides is 3. The zero-order chi connectivity index (χ0) is 15.0. The van der Waals surface area contributed by atoms with E-state index in [0.29, 0.717) is 12.8 Å². The third kappa shape index (κ3) is 2.76. The van der Waals surface area contributed by atoms with Gasteiger partial charge in [0.1, 0.15) is 18.1 Å². The number of piperazine rings is 1. The quantitative estimate of drug-likeness (QED) is 0.846. The third-order valence-electron chi connectivity index (χ3n) is 4.16. The zero-order valence-electron chi connectivity index (χ0n) is 11.4. The maximum Gasteiger partial charge on any atom is 0.406 e. The maximum absolute atomic E-state index is 12.7. The summed E-state index contributed by atoms with van der Waals surface area (Å²) in [5, 5.41) is 2.70. The number of hydrogen-bond donors (Lipinski definition) is 1. The summed E-state index contributed by atoms with van der Waals surface area (Å²) in [6.45, 7) is 0.263. The lowest BCUT2D eigenvalue weighted by Gasteiger charge is -2.47. The average Bonchev–Trinajstić information content (AvgIpc) is 2.36. The van der Waals surface area contributed by atoms with Crippen molar-refractivity contribution in [2.75, 3.05) is 6.54 Å². The molecule has 0 bridgehead atoms. The van der Waals surface area contributed by atoms with Crippen molar-refractivity contribution in [1.82, 2.24) is 10.2 Å². The molecule has 2 fully saturated rings. The average molecular weight is 292 g/mol. The van der Waals surface area contributed by atoms with Crippen LogP contribution >= 0.6 is 0 Å². The first-order valence-electron chi connectivity index (χ1n) is 6.99. The number of amides is 2. The minimum absolute atomic E-state index is 0.184. The summed E-state index contributed by atoms with van der Waals surface area (Å²) in [6, 6.07) is -1.02. The van der Waals surface area contributed by atoms with Crippen molar-refractivity contribution < 1.29 is 22.8 Å². The number of carbonyl (C=O) groups is 2. The van der Waals surface area contributed by atoms with Crippen LogP contribution in [0.15, 0.2) is 0 Å². The smallest absolute Gasteiger partial charge is 0.340 e. The van der Waals surface area contributed by atoms with Gasteiger partial charge in [-0.3, -0.25) is 9.59 Å². The Morgan fingerprint density at radius 3 is 2.35 bits per heavy atom. The number of hydrogen-bond acceptors (Lipinski definition) is 2. The molecule has 1 saturated heterocycles. The van der Waals surface area contributed by atoms with Gasteiger partial charge in [0.05, 0.1) is 0 Å². The fourth-order valence-electron chi connectivity index (χ4n) is 3.21. The summed E-state index contributed by atoms with van der Waals surface area (Å²) in [6.07, 6.45) is -0.988. The third-order valence-corrected chi connectivity index (χ3v) is 4.16. The lowest BCUT2D eigenvalue weighted by atomic mass is 9.78. The predicted molar refractivity (Wildman–Crippen MR) is 65.8 cm³/mol. The monoisotopic (exact) mass is 292 g/mol. The molecule has 1 N–H and O–H groups in total. The molecule has 2 amide bonds. The van der Waals surface area contributed by atoms with Gasteiger partial charge in [-0.1, -0.05) is 26.2 Å². The van der Waals surface area contributed by atoms with E-state index in [1.165, 1.54) is 0 Å². The van der Waals surface area contributed by atoms with E-state index in [1.807, 2.05) is 0 Å². The first-order chi connectivity index (χ1) is 9.29. The second-order valence-electron chi connectivity index (χ2n) is 5.60. The van der Waals surface area contributed by atoms with Crippen molar-refractivity contribution in [2.45, 2.75) is 63.2 Å². The molecule has 0 aromatic carbocycles. The van der Waals surface area contributed by atoms with Crippen LogP contribution in [0, 0.1) is 0 Å². The van der Waals surface area contributed by atoms with E-state index in [1.54, 1.807) is 6.92 Å². The highest BCUT2D eigenvalue weighted by atomic mass is 19.4. The number of nitrogens with one attached hydrogen (secondary N) is 1.